The van der Waals surface area contributed by atoms with Crippen molar-refractivity contribution in [3.05, 3.63) is 71.5 Å². The van der Waals surface area contributed by atoms with Crippen molar-refractivity contribution in [2.24, 2.45) is 0 Å². The Labute approximate surface area is 145 Å². The first kappa shape index (κ1) is 15.5. The lowest BCUT2D eigenvalue weighted by Crippen LogP contribution is -2.26. The van der Waals surface area contributed by atoms with E-state index in [0.29, 0.717) is 24.7 Å². The Hall–Kier alpha value is -3.02. The minimum absolute atomic E-state index is 0.0318. The van der Waals surface area contributed by atoms with Gasteiger partial charge in [0.2, 0.25) is 5.91 Å². The quantitative estimate of drug-likeness (QED) is 0.778. The van der Waals surface area contributed by atoms with E-state index >= 15 is 0 Å². The summed E-state index contributed by atoms with van der Waals surface area (Å²) < 4.78 is 1.64. The summed E-state index contributed by atoms with van der Waals surface area (Å²) in [6, 6.07) is 18.0. The van der Waals surface area contributed by atoms with E-state index in [4.69, 9.17) is 0 Å². The highest BCUT2D eigenvalue weighted by Gasteiger charge is 2.24. The molecule has 0 spiro atoms. The minimum atomic E-state index is 0.0318. The van der Waals surface area contributed by atoms with Gasteiger partial charge in [-0.1, -0.05) is 42.5 Å². The summed E-state index contributed by atoms with van der Waals surface area (Å²) in [5.74, 6) is 0.956. The van der Waals surface area contributed by atoms with Crippen LogP contribution in [-0.2, 0) is 17.8 Å². The number of benzene rings is 2. The summed E-state index contributed by atoms with van der Waals surface area (Å²) in [5, 5.41) is 14.7. The number of fused-ring (bicyclic) bond motifs is 1. The number of nitrogens with zero attached hydrogens (tertiary/aromatic N) is 4. The number of aryl methyl sites for hydroxylation is 1. The summed E-state index contributed by atoms with van der Waals surface area (Å²) in [7, 11) is 0. The van der Waals surface area contributed by atoms with Crippen LogP contribution in [0.2, 0.25) is 0 Å². The lowest BCUT2D eigenvalue weighted by Gasteiger charge is -2.11. The van der Waals surface area contributed by atoms with Crippen LogP contribution in [0, 0.1) is 0 Å². The third kappa shape index (κ3) is 3.28. The number of nitrogens with one attached hydrogen (secondary N) is 1. The lowest BCUT2D eigenvalue weighted by atomic mass is 9.97. The standard InChI is InChI=1S/C19H19N5O/c25-19(12-15-11-10-14-6-4-5-9-17(14)15)20-13-18-21-22-23-24(18)16-7-2-1-3-8-16/h1-9,15H,10-13H2,(H,20,25)/t15-/m0/s1. The van der Waals surface area contributed by atoms with E-state index in [1.807, 2.05) is 36.4 Å². The molecule has 0 bridgehead atoms. The van der Waals surface area contributed by atoms with Gasteiger partial charge in [-0.15, -0.1) is 5.10 Å². The maximum atomic E-state index is 12.4. The van der Waals surface area contributed by atoms with E-state index in [1.54, 1.807) is 4.68 Å². The van der Waals surface area contributed by atoms with Crippen LogP contribution in [-0.4, -0.2) is 26.1 Å². The molecule has 1 amide bonds. The van der Waals surface area contributed by atoms with Crippen molar-refractivity contribution in [1.82, 2.24) is 25.5 Å². The van der Waals surface area contributed by atoms with Gasteiger partial charge in [0.15, 0.2) is 5.82 Å². The van der Waals surface area contributed by atoms with Gasteiger partial charge >= 0.3 is 0 Å². The van der Waals surface area contributed by atoms with Gasteiger partial charge < -0.3 is 5.32 Å². The van der Waals surface area contributed by atoms with Crippen molar-refractivity contribution in [2.45, 2.75) is 31.7 Å². The Morgan fingerprint density at radius 1 is 1.12 bits per heavy atom. The molecule has 0 radical (unpaired) electrons. The Bertz CT molecular complexity index is 874. The predicted molar refractivity (Wildman–Crippen MR) is 93.1 cm³/mol. The molecule has 6 nitrogen and oxygen atoms in total. The van der Waals surface area contributed by atoms with Crippen LogP contribution in [0.1, 0.15) is 35.7 Å². The number of para-hydroxylation sites is 1. The molecule has 1 aliphatic carbocycles. The van der Waals surface area contributed by atoms with E-state index < -0.39 is 0 Å². The van der Waals surface area contributed by atoms with Crippen molar-refractivity contribution >= 4 is 5.91 Å². The molecule has 1 aliphatic rings. The van der Waals surface area contributed by atoms with Gasteiger partial charge in [-0.25, -0.2) is 0 Å². The summed E-state index contributed by atoms with van der Waals surface area (Å²) in [4.78, 5) is 12.4. The average Bonchev–Trinajstić information content (AvgIpc) is 3.28. The molecule has 25 heavy (non-hydrogen) atoms. The van der Waals surface area contributed by atoms with E-state index in [1.165, 1.54) is 11.1 Å². The lowest BCUT2D eigenvalue weighted by molar-refractivity contribution is -0.121. The van der Waals surface area contributed by atoms with E-state index in [0.717, 1.165) is 18.5 Å². The third-order valence-electron chi connectivity index (χ3n) is 4.67. The van der Waals surface area contributed by atoms with Gasteiger partial charge in [0.25, 0.3) is 0 Å². The number of hydrogen-bond donors (Lipinski definition) is 1. The molecule has 1 atom stereocenters. The van der Waals surface area contributed by atoms with Crippen LogP contribution in [0.3, 0.4) is 0 Å². The second kappa shape index (κ2) is 6.84. The normalized spacial score (nSPS) is 15.8. The van der Waals surface area contributed by atoms with Crippen molar-refractivity contribution < 1.29 is 4.79 Å². The molecule has 0 fully saturated rings. The zero-order chi connectivity index (χ0) is 17.1. The van der Waals surface area contributed by atoms with Crippen molar-refractivity contribution in [3.63, 3.8) is 0 Å². The number of hydrogen-bond acceptors (Lipinski definition) is 4. The fraction of sp³-hybridized carbons (Fsp3) is 0.263. The molecule has 0 unspecified atom stereocenters. The topological polar surface area (TPSA) is 72.7 Å². The first-order chi connectivity index (χ1) is 12.3. The zero-order valence-corrected chi connectivity index (χ0v) is 13.8. The largest absolute Gasteiger partial charge is 0.349 e. The molecule has 3 aromatic rings. The summed E-state index contributed by atoms with van der Waals surface area (Å²) in [6.07, 6.45) is 2.60. The summed E-state index contributed by atoms with van der Waals surface area (Å²) in [6.45, 7) is 0.315. The monoisotopic (exact) mass is 333 g/mol. The summed E-state index contributed by atoms with van der Waals surface area (Å²) >= 11 is 0. The maximum Gasteiger partial charge on any atom is 0.220 e. The smallest absolute Gasteiger partial charge is 0.220 e. The molecular weight excluding hydrogens is 314 g/mol. The maximum absolute atomic E-state index is 12.4. The van der Waals surface area contributed by atoms with E-state index in [9.17, 15) is 4.79 Å². The van der Waals surface area contributed by atoms with Crippen LogP contribution in [0.5, 0.6) is 0 Å². The number of carbonyl (C=O) groups excluding carboxylic acids is 1. The number of carbonyl (C=O) groups is 1. The second-order valence-corrected chi connectivity index (χ2v) is 6.26. The number of tetrazole rings is 1. The molecule has 1 heterocycles. The van der Waals surface area contributed by atoms with Gasteiger partial charge in [0, 0.05) is 6.42 Å². The molecular formula is C19H19N5O. The van der Waals surface area contributed by atoms with Gasteiger partial charge in [0.05, 0.1) is 12.2 Å². The summed E-state index contributed by atoms with van der Waals surface area (Å²) in [5.41, 5.74) is 3.56. The van der Waals surface area contributed by atoms with Gasteiger partial charge in [-0.05, 0) is 52.4 Å². The van der Waals surface area contributed by atoms with E-state index in [-0.39, 0.29) is 5.91 Å². The van der Waals surface area contributed by atoms with Gasteiger partial charge in [0.1, 0.15) is 0 Å². The van der Waals surface area contributed by atoms with Crippen LogP contribution in [0.25, 0.3) is 5.69 Å². The highest BCUT2D eigenvalue weighted by atomic mass is 16.1. The minimum Gasteiger partial charge on any atom is -0.349 e. The highest BCUT2D eigenvalue weighted by Crippen LogP contribution is 2.35. The molecule has 126 valence electrons. The second-order valence-electron chi connectivity index (χ2n) is 6.26. The first-order valence-corrected chi connectivity index (χ1v) is 8.48. The van der Waals surface area contributed by atoms with Crippen molar-refractivity contribution in [1.29, 1.82) is 0 Å². The Morgan fingerprint density at radius 3 is 2.80 bits per heavy atom. The molecule has 0 saturated heterocycles. The highest BCUT2D eigenvalue weighted by molar-refractivity contribution is 5.77. The van der Waals surface area contributed by atoms with Crippen molar-refractivity contribution in [2.75, 3.05) is 0 Å². The molecule has 0 aliphatic heterocycles. The Balaban J connectivity index is 1.38. The van der Waals surface area contributed by atoms with Crippen LogP contribution in [0.15, 0.2) is 54.6 Å². The fourth-order valence-corrected chi connectivity index (χ4v) is 3.42. The molecule has 1 N–H and O–H groups in total. The Morgan fingerprint density at radius 2 is 1.92 bits per heavy atom. The fourth-order valence-electron chi connectivity index (χ4n) is 3.42. The molecule has 6 heteroatoms. The van der Waals surface area contributed by atoms with Crippen LogP contribution < -0.4 is 5.32 Å². The predicted octanol–water partition coefficient (Wildman–Crippen LogP) is 2.40. The zero-order valence-electron chi connectivity index (χ0n) is 13.8. The average molecular weight is 333 g/mol. The third-order valence-corrected chi connectivity index (χ3v) is 4.67. The van der Waals surface area contributed by atoms with E-state index in [2.05, 4.69) is 39.0 Å². The number of amides is 1. The number of rotatable bonds is 5. The molecule has 4 rings (SSSR count). The van der Waals surface area contributed by atoms with Crippen LogP contribution in [0.4, 0.5) is 0 Å². The van der Waals surface area contributed by atoms with Gasteiger partial charge in [-0.3, -0.25) is 4.79 Å². The molecule has 1 aromatic heterocycles. The van der Waals surface area contributed by atoms with Crippen molar-refractivity contribution in [3.8, 4) is 5.69 Å². The van der Waals surface area contributed by atoms with Gasteiger partial charge in [-0.2, -0.15) is 4.68 Å². The molecule has 0 saturated carbocycles. The SMILES string of the molecule is O=C(C[C@@H]1CCc2ccccc21)NCc1nnnn1-c1ccccc1. The molecule has 2 aromatic carbocycles. The first-order valence-electron chi connectivity index (χ1n) is 8.48. The Kier molecular flexibility index (Phi) is 4.24. The van der Waals surface area contributed by atoms with Crippen LogP contribution >= 0.6 is 0 Å². The number of aromatic nitrogens is 4.